The Hall–Kier alpha value is -3.40. The molecule has 1 aromatic carbocycles. The lowest BCUT2D eigenvalue weighted by Crippen LogP contribution is -2.52. The number of pyridine rings is 1. The van der Waals surface area contributed by atoms with Crippen LogP contribution in [0.15, 0.2) is 47.5 Å². The van der Waals surface area contributed by atoms with E-state index in [1.54, 1.807) is 25.2 Å². The molecule has 0 spiro atoms. The van der Waals surface area contributed by atoms with Crippen LogP contribution in [-0.2, 0) is 18.1 Å². The smallest absolute Gasteiger partial charge is 0.324 e. The van der Waals surface area contributed by atoms with Gasteiger partial charge in [0.2, 0.25) is 0 Å². The SMILES string of the molecule is CC1CC(C(=N)N(C)C=N)(c2cccc(-n3cc4c(C(F)(F)F)cc(CN5CCC[C@H](C)C5)cn4c3=O)c2)C1. The number of fused-ring (bicyclic) bond motifs is 1. The third-order valence-electron chi connectivity index (χ3n) is 8.35. The Kier molecular flexibility index (Phi) is 6.95. The highest BCUT2D eigenvalue weighted by molar-refractivity contribution is 5.98. The molecule has 2 aliphatic rings. The van der Waals surface area contributed by atoms with Crippen LogP contribution in [-0.4, -0.2) is 51.1 Å². The summed E-state index contributed by atoms with van der Waals surface area (Å²) in [5, 5.41) is 16.3. The molecule has 2 N–H and O–H groups in total. The molecule has 1 atom stereocenters. The van der Waals surface area contributed by atoms with Crippen LogP contribution in [0.2, 0.25) is 0 Å². The van der Waals surface area contributed by atoms with E-state index in [0.29, 0.717) is 29.6 Å². The number of piperidine rings is 1. The standard InChI is InChI=1S/C29H35F3N6O/c1-19-6-5-9-36(14-19)15-21-10-24(29(30,31)32)25-17-37(27(39)38(25)16-21)23-8-4-7-22(11-23)28(12-20(2)13-28)26(34)35(3)18-33/h4,7-8,10-11,16-20,33-34H,5-6,9,12-15H2,1-3H3/t19-,20?,28?/m0/s1. The van der Waals surface area contributed by atoms with Gasteiger partial charge in [-0.2, -0.15) is 13.2 Å². The summed E-state index contributed by atoms with van der Waals surface area (Å²) < 4.78 is 45.0. The van der Waals surface area contributed by atoms with Crippen LogP contribution >= 0.6 is 0 Å². The number of hydrogen-bond acceptors (Lipinski definition) is 4. The Bertz CT molecular complexity index is 1470. The van der Waals surface area contributed by atoms with Crippen molar-refractivity contribution in [3.05, 3.63) is 69.9 Å². The highest BCUT2D eigenvalue weighted by atomic mass is 19.4. The monoisotopic (exact) mass is 540 g/mol. The molecule has 1 saturated carbocycles. The number of halogens is 3. The predicted octanol–water partition coefficient (Wildman–Crippen LogP) is 5.52. The molecule has 5 rings (SSSR count). The second kappa shape index (κ2) is 9.97. The molecule has 1 aliphatic carbocycles. The number of likely N-dealkylation sites (tertiary alicyclic amines) is 1. The fourth-order valence-electron chi connectivity index (χ4n) is 6.48. The summed E-state index contributed by atoms with van der Waals surface area (Å²) in [7, 11) is 1.66. The Morgan fingerprint density at radius 2 is 1.92 bits per heavy atom. The molecule has 1 aliphatic heterocycles. The second-order valence-electron chi connectivity index (χ2n) is 11.5. The molecular weight excluding hydrogens is 505 g/mol. The van der Waals surface area contributed by atoms with Crippen molar-refractivity contribution in [2.24, 2.45) is 11.8 Å². The molecular formula is C29H35F3N6O. The number of benzene rings is 1. The number of nitrogens with zero attached hydrogens (tertiary/aromatic N) is 4. The van der Waals surface area contributed by atoms with Gasteiger partial charge in [0.25, 0.3) is 0 Å². The van der Waals surface area contributed by atoms with Gasteiger partial charge in [-0.05, 0) is 73.4 Å². The maximum atomic E-state index is 14.2. The minimum Gasteiger partial charge on any atom is -0.324 e. The highest BCUT2D eigenvalue weighted by Gasteiger charge is 2.48. The molecule has 1 saturated heterocycles. The van der Waals surface area contributed by atoms with Gasteiger partial charge < -0.3 is 4.90 Å². The van der Waals surface area contributed by atoms with E-state index < -0.39 is 22.8 Å². The first-order valence-corrected chi connectivity index (χ1v) is 13.4. The van der Waals surface area contributed by atoms with Crippen LogP contribution in [0, 0.1) is 22.7 Å². The molecule has 2 fully saturated rings. The summed E-state index contributed by atoms with van der Waals surface area (Å²) in [6, 6.07) is 8.33. The molecule has 10 heteroatoms. The van der Waals surface area contributed by atoms with Gasteiger partial charge in [0.1, 0.15) is 5.84 Å². The normalized spacial score (nSPS) is 23.9. The van der Waals surface area contributed by atoms with Crippen molar-refractivity contribution in [1.29, 1.82) is 10.8 Å². The van der Waals surface area contributed by atoms with E-state index in [9.17, 15) is 18.0 Å². The molecule has 0 radical (unpaired) electrons. The van der Waals surface area contributed by atoms with Gasteiger partial charge in [0.15, 0.2) is 0 Å². The molecule has 3 aromatic rings. The van der Waals surface area contributed by atoms with Crippen LogP contribution < -0.4 is 5.69 Å². The van der Waals surface area contributed by atoms with E-state index in [-0.39, 0.29) is 11.4 Å². The average molecular weight is 541 g/mol. The van der Waals surface area contributed by atoms with Gasteiger partial charge in [-0.15, -0.1) is 0 Å². The number of likely N-dealkylation sites (N-methyl/N-ethyl adjacent to an activating group) is 1. The number of nitrogens with one attached hydrogen (secondary N) is 2. The molecule has 0 unspecified atom stereocenters. The number of aromatic nitrogens is 2. The average Bonchev–Trinajstić information content (AvgIpc) is 3.21. The first kappa shape index (κ1) is 27.2. The number of amidine groups is 1. The van der Waals surface area contributed by atoms with Gasteiger partial charge >= 0.3 is 11.9 Å². The van der Waals surface area contributed by atoms with Crippen molar-refractivity contribution in [3.8, 4) is 5.69 Å². The number of hydrogen-bond donors (Lipinski definition) is 2. The first-order valence-electron chi connectivity index (χ1n) is 13.4. The number of rotatable bonds is 6. The third kappa shape index (κ3) is 4.90. The maximum absolute atomic E-state index is 14.2. The van der Waals surface area contributed by atoms with Gasteiger partial charge in [-0.1, -0.05) is 26.0 Å². The Morgan fingerprint density at radius 3 is 2.56 bits per heavy atom. The van der Waals surface area contributed by atoms with E-state index in [1.165, 1.54) is 27.9 Å². The lowest BCUT2D eigenvalue weighted by Gasteiger charge is -2.48. The van der Waals surface area contributed by atoms with E-state index in [0.717, 1.165) is 55.1 Å². The first-order chi connectivity index (χ1) is 18.4. The van der Waals surface area contributed by atoms with Gasteiger partial charge in [-0.3, -0.25) is 24.7 Å². The summed E-state index contributed by atoms with van der Waals surface area (Å²) in [5.74, 6) is 1.17. The molecule has 0 bridgehead atoms. The van der Waals surface area contributed by atoms with Crippen LogP contribution in [0.3, 0.4) is 0 Å². The third-order valence-corrected chi connectivity index (χ3v) is 8.35. The lowest BCUT2D eigenvalue weighted by atomic mass is 9.58. The van der Waals surface area contributed by atoms with Crippen molar-refractivity contribution in [1.82, 2.24) is 18.8 Å². The molecule has 3 heterocycles. The summed E-state index contributed by atoms with van der Waals surface area (Å²) in [6.07, 6.45) is 2.85. The molecule has 39 heavy (non-hydrogen) atoms. The zero-order valence-corrected chi connectivity index (χ0v) is 22.6. The zero-order chi connectivity index (χ0) is 28.1. The number of imidazole rings is 1. The summed E-state index contributed by atoms with van der Waals surface area (Å²) in [5.41, 5.74) is -0.458. The largest absolute Gasteiger partial charge is 0.418 e. The fraction of sp³-hybridized carbons (Fsp3) is 0.483. The van der Waals surface area contributed by atoms with Crippen molar-refractivity contribution in [2.75, 3.05) is 20.1 Å². The van der Waals surface area contributed by atoms with E-state index in [1.807, 2.05) is 6.07 Å². The minimum atomic E-state index is -4.62. The van der Waals surface area contributed by atoms with E-state index in [4.69, 9.17) is 10.8 Å². The maximum Gasteiger partial charge on any atom is 0.418 e. The number of alkyl halides is 3. The Balaban J connectivity index is 1.58. The predicted molar refractivity (Wildman–Crippen MR) is 146 cm³/mol. The topological polar surface area (TPSA) is 80.6 Å². The Labute approximate surface area is 225 Å². The quantitative estimate of drug-likeness (QED) is 0.319. The van der Waals surface area contributed by atoms with Gasteiger partial charge in [0.05, 0.1) is 28.5 Å². The zero-order valence-electron chi connectivity index (χ0n) is 22.6. The van der Waals surface area contributed by atoms with Crippen LogP contribution in [0.25, 0.3) is 11.2 Å². The van der Waals surface area contributed by atoms with Crippen molar-refractivity contribution in [3.63, 3.8) is 0 Å². The van der Waals surface area contributed by atoms with Crippen LogP contribution in [0.5, 0.6) is 0 Å². The summed E-state index contributed by atoms with van der Waals surface area (Å²) in [6.45, 7) is 6.26. The fourth-order valence-corrected chi connectivity index (χ4v) is 6.48. The summed E-state index contributed by atoms with van der Waals surface area (Å²) in [4.78, 5) is 17.2. The molecule has 0 amide bonds. The van der Waals surface area contributed by atoms with Crippen LogP contribution in [0.1, 0.15) is 56.2 Å². The second-order valence-corrected chi connectivity index (χ2v) is 11.5. The van der Waals surface area contributed by atoms with Gasteiger partial charge in [0, 0.05) is 32.5 Å². The van der Waals surface area contributed by atoms with Crippen molar-refractivity contribution < 1.29 is 13.2 Å². The van der Waals surface area contributed by atoms with Gasteiger partial charge in [-0.25, -0.2) is 4.79 Å². The van der Waals surface area contributed by atoms with Crippen LogP contribution in [0.4, 0.5) is 13.2 Å². The van der Waals surface area contributed by atoms with Crippen molar-refractivity contribution >= 4 is 17.7 Å². The highest BCUT2D eigenvalue weighted by Crippen LogP contribution is 2.49. The molecule has 7 nitrogen and oxygen atoms in total. The summed E-state index contributed by atoms with van der Waals surface area (Å²) >= 11 is 0. The molecule has 2 aromatic heterocycles. The van der Waals surface area contributed by atoms with Crippen molar-refractivity contribution in [2.45, 2.75) is 57.7 Å². The lowest BCUT2D eigenvalue weighted by molar-refractivity contribution is -0.136. The minimum absolute atomic E-state index is 0.183. The van der Waals surface area contributed by atoms with E-state index in [2.05, 4.69) is 18.7 Å². The Morgan fingerprint density at radius 1 is 1.18 bits per heavy atom. The molecule has 208 valence electrons. The van der Waals surface area contributed by atoms with E-state index >= 15 is 0 Å².